The lowest BCUT2D eigenvalue weighted by Crippen LogP contribution is -2.34. The molecule has 0 unspecified atom stereocenters. The Balaban J connectivity index is 0.00000116. The first-order chi connectivity index (χ1) is 22.6. The molecule has 48 heavy (non-hydrogen) atoms. The summed E-state index contributed by atoms with van der Waals surface area (Å²) in [4.78, 5) is 31.9. The summed E-state index contributed by atoms with van der Waals surface area (Å²) in [5.41, 5.74) is 6.45. The van der Waals surface area contributed by atoms with Crippen LogP contribution in [0.1, 0.15) is 67.4 Å². The lowest BCUT2D eigenvalue weighted by atomic mass is 10.1. The summed E-state index contributed by atoms with van der Waals surface area (Å²) in [6.45, 7) is 15.4. The van der Waals surface area contributed by atoms with Gasteiger partial charge in [-0.25, -0.2) is 9.78 Å². The van der Waals surface area contributed by atoms with Gasteiger partial charge in [0.25, 0.3) is 0 Å². The number of nitrogens with one attached hydrogen (secondary N) is 3. The van der Waals surface area contributed by atoms with Crippen LogP contribution in [-0.2, 0) is 14.3 Å². The molecule has 0 aliphatic rings. The first kappa shape index (κ1) is 44.5. The van der Waals surface area contributed by atoms with E-state index in [4.69, 9.17) is 15.2 Å². The van der Waals surface area contributed by atoms with Crippen molar-refractivity contribution in [2.24, 2.45) is 5.73 Å². The van der Waals surface area contributed by atoms with Gasteiger partial charge in [0.1, 0.15) is 23.6 Å². The number of rotatable bonds is 12. The average molecular weight is 761 g/mol. The van der Waals surface area contributed by atoms with Gasteiger partial charge in [-0.15, -0.1) is 12.6 Å². The molecule has 9 nitrogen and oxygen atoms in total. The number of fused-ring (bicyclic) bond motifs is 1. The second-order valence-corrected chi connectivity index (χ2v) is 11.7. The Morgan fingerprint density at radius 2 is 1.77 bits per heavy atom. The molecule has 0 aromatic carbocycles. The van der Waals surface area contributed by atoms with Gasteiger partial charge in [0, 0.05) is 47.4 Å². The van der Waals surface area contributed by atoms with Crippen molar-refractivity contribution in [3.8, 4) is 0 Å². The second kappa shape index (κ2) is 23.0. The fourth-order valence-corrected chi connectivity index (χ4v) is 4.31. The molecule has 0 aliphatic carbocycles. The highest BCUT2D eigenvalue weighted by molar-refractivity contribution is 9.12. The highest BCUT2D eigenvalue weighted by Crippen LogP contribution is 2.35. The number of pyridine rings is 1. The molecule has 0 spiro atoms. The summed E-state index contributed by atoms with van der Waals surface area (Å²) in [7, 11) is 0. The summed E-state index contributed by atoms with van der Waals surface area (Å²) in [6.07, 6.45) is 5.88. The molecular weight excluding hydrogens is 711 g/mol. The third-order valence-electron chi connectivity index (χ3n) is 5.67. The Bertz CT molecular complexity index is 1460. The van der Waals surface area contributed by atoms with E-state index in [9.17, 15) is 22.8 Å². The maximum Gasteiger partial charge on any atom is 0.416 e. The van der Waals surface area contributed by atoms with Crippen molar-refractivity contribution in [1.29, 1.82) is 0 Å². The van der Waals surface area contributed by atoms with E-state index in [1.165, 1.54) is 18.2 Å². The van der Waals surface area contributed by atoms with E-state index in [0.29, 0.717) is 40.1 Å². The van der Waals surface area contributed by atoms with Crippen LogP contribution in [-0.4, -0.2) is 60.0 Å². The number of thiol groups is 1. The number of alkyl carbamates (subject to hydrolysis) is 1. The van der Waals surface area contributed by atoms with Crippen molar-refractivity contribution in [1.82, 2.24) is 20.6 Å². The number of amides is 2. The van der Waals surface area contributed by atoms with Gasteiger partial charge in [-0.05, 0) is 75.2 Å². The predicted octanol–water partition coefficient (Wildman–Crippen LogP) is 8.49. The molecule has 2 aromatic heterocycles. The highest BCUT2D eigenvalue weighted by atomic mass is 79.9. The highest BCUT2D eigenvalue weighted by Gasteiger charge is 2.31. The largest absolute Gasteiger partial charge is 0.490 e. The fourth-order valence-electron chi connectivity index (χ4n) is 3.56. The predicted molar refractivity (Wildman–Crippen MR) is 196 cm³/mol. The van der Waals surface area contributed by atoms with Crippen LogP contribution in [0.2, 0.25) is 0 Å². The number of aromatic nitrogens is 2. The number of allylic oxidation sites excluding steroid dienone is 7. The fraction of sp³-hybridized carbons (Fsp3) is 0.441. The van der Waals surface area contributed by atoms with Crippen molar-refractivity contribution in [3.05, 3.63) is 81.9 Å². The van der Waals surface area contributed by atoms with Crippen LogP contribution in [0.4, 0.5) is 18.0 Å². The van der Waals surface area contributed by atoms with Gasteiger partial charge < -0.3 is 30.8 Å². The summed E-state index contributed by atoms with van der Waals surface area (Å²) in [5.74, 6) is -0.124. The molecule has 0 aliphatic heterocycles. The summed E-state index contributed by atoms with van der Waals surface area (Å²) in [5, 5.41) is 6.14. The van der Waals surface area contributed by atoms with Gasteiger partial charge in [-0.1, -0.05) is 44.6 Å². The van der Waals surface area contributed by atoms with E-state index in [1.807, 2.05) is 32.9 Å². The van der Waals surface area contributed by atoms with Gasteiger partial charge in [0.05, 0.1) is 16.6 Å². The molecule has 5 N–H and O–H groups in total. The average Bonchev–Trinajstić information content (AvgIpc) is 3.52. The topological polar surface area (TPSA) is 131 Å². The first-order valence-corrected chi connectivity index (χ1v) is 16.7. The molecule has 0 saturated carbocycles. The number of hydrogen-bond acceptors (Lipinski definition) is 7. The number of aromatic amines is 1. The molecule has 2 heterocycles. The van der Waals surface area contributed by atoms with Gasteiger partial charge in [-0.2, -0.15) is 13.2 Å². The maximum atomic E-state index is 12.4. The Labute approximate surface area is 295 Å². The smallest absolute Gasteiger partial charge is 0.416 e. The number of ether oxygens (including phenoxy) is 2. The number of nitrogens with two attached hydrogens (primary N) is 1. The van der Waals surface area contributed by atoms with Crippen LogP contribution in [0.5, 0.6) is 0 Å². The van der Waals surface area contributed by atoms with Crippen molar-refractivity contribution < 1.29 is 32.2 Å². The van der Waals surface area contributed by atoms with Crippen molar-refractivity contribution in [2.75, 3.05) is 26.2 Å². The van der Waals surface area contributed by atoms with Crippen LogP contribution in [0, 0.1) is 0 Å². The van der Waals surface area contributed by atoms with Crippen molar-refractivity contribution in [2.45, 2.75) is 73.6 Å². The molecule has 0 radical (unpaired) electrons. The maximum absolute atomic E-state index is 12.4. The van der Waals surface area contributed by atoms with Crippen LogP contribution in [0.15, 0.2) is 76.3 Å². The van der Waals surface area contributed by atoms with E-state index >= 15 is 0 Å². The summed E-state index contributed by atoms with van der Waals surface area (Å²) in [6, 6.07) is 3.70. The zero-order chi connectivity index (χ0) is 36.9. The van der Waals surface area contributed by atoms with Crippen LogP contribution in [0.3, 0.4) is 0 Å². The first-order valence-electron chi connectivity index (χ1n) is 15.4. The normalized spacial score (nSPS) is 13.2. The van der Waals surface area contributed by atoms with Gasteiger partial charge >= 0.3 is 12.3 Å². The van der Waals surface area contributed by atoms with Gasteiger partial charge in [0.2, 0.25) is 5.91 Å². The Kier molecular flexibility index (Phi) is 21.3. The van der Waals surface area contributed by atoms with E-state index in [1.54, 1.807) is 53.1 Å². The lowest BCUT2D eigenvalue weighted by molar-refractivity contribution is -0.116. The number of halogens is 4. The van der Waals surface area contributed by atoms with Crippen LogP contribution < -0.4 is 16.4 Å². The second-order valence-electron chi connectivity index (χ2n) is 10.4. The molecule has 2 aromatic rings. The minimum Gasteiger partial charge on any atom is -0.490 e. The molecule has 0 bridgehead atoms. The number of carbonyl (C=O) groups is 2. The Hall–Kier alpha value is -3.49. The summed E-state index contributed by atoms with van der Waals surface area (Å²) >= 11 is 8.15. The van der Waals surface area contributed by atoms with Gasteiger partial charge in [0.15, 0.2) is 0 Å². The number of carbonyl (C=O) groups excluding carboxylic acids is 2. The number of alkyl halides is 3. The molecule has 268 valence electrons. The number of hydrogen-bond donors (Lipinski definition) is 5. The quantitative estimate of drug-likeness (QED) is 0.0485. The molecule has 0 saturated heterocycles. The van der Waals surface area contributed by atoms with E-state index in [0.717, 1.165) is 17.0 Å². The molecule has 0 fully saturated rings. The third-order valence-corrected chi connectivity index (χ3v) is 7.22. The Morgan fingerprint density at radius 1 is 1.10 bits per heavy atom. The molecule has 0 atom stereocenters. The van der Waals surface area contributed by atoms with Gasteiger partial charge in [-0.3, -0.25) is 4.79 Å². The van der Waals surface area contributed by atoms with Crippen molar-refractivity contribution >= 4 is 56.5 Å². The minimum atomic E-state index is -4.27. The molecule has 14 heteroatoms. The van der Waals surface area contributed by atoms with E-state index in [2.05, 4.69) is 49.2 Å². The van der Waals surface area contributed by atoms with Crippen molar-refractivity contribution in [3.63, 3.8) is 0 Å². The lowest BCUT2D eigenvalue weighted by Gasteiger charge is -2.20. The molecule has 2 rings (SSSR count). The zero-order valence-corrected chi connectivity index (χ0v) is 31.3. The van der Waals surface area contributed by atoms with Crippen LogP contribution >= 0.6 is 28.6 Å². The Morgan fingerprint density at radius 3 is 2.31 bits per heavy atom. The SMILES string of the molecule is CC.CC(C)(C)OC(=O)NCCOC(=C\C(=O)NCCN)/C(Br)=C(\S)c1ccnc2[nH]ccc12.C\C=C/C(=C\C(=C/C)CC)C(F)(F)F. The summed E-state index contributed by atoms with van der Waals surface area (Å²) < 4.78 is 48.6. The monoisotopic (exact) mass is 759 g/mol. The van der Waals surface area contributed by atoms with Crippen LogP contribution in [0.25, 0.3) is 15.9 Å². The molecule has 2 amide bonds. The van der Waals surface area contributed by atoms with E-state index in [-0.39, 0.29) is 24.8 Å². The minimum absolute atomic E-state index is 0.0985. The number of H-pyrrole nitrogens is 1. The van der Waals surface area contributed by atoms with E-state index < -0.39 is 23.4 Å². The molecular formula is C34H49BrF3N5O4S. The third kappa shape index (κ3) is 17.1. The standard InChI is InChI=1S/C21H28BrN5O4S.C11H15F3.C2H6/c1-21(2,3)31-20(29)27-10-11-30-15(12-16(28)24-9-6-23)17(22)18(32)13-4-7-25-19-14(13)5-8-26-19;1-4-7-10(11(12,13)14)8-9(5-2)6-3;1-2/h4-5,7-8,12,32H,6,9-11,23H2,1-3H3,(H,24,28)(H,25,26)(H,27,29);4-5,7-8H,6H2,1-3H3;1-2H3/b15-12-,18-17+;7-4-,9-5-,10-8+;. The zero-order valence-electron chi connectivity index (χ0n) is 28.8. The number of nitrogens with zero attached hydrogens (tertiary/aromatic N) is 1.